The molecule has 0 unspecified atom stereocenters. The highest BCUT2D eigenvalue weighted by Gasteiger charge is 2.33. The minimum Gasteiger partial charge on any atom is -0.406 e. The van der Waals surface area contributed by atoms with E-state index in [1.54, 1.807) is 43.1 Å². The summed E-state index contributed by atoms with van der Waals surface area (Å²) in [5.74, 6) is -0.793. The number of benzene rings is 2. The lowest BCUT2D eigenvalue weighted by Crippen LogP contribution is -2.46. The first-order valence-electron chi connectivity index (χ1n) is 8.73. The van der Waals surface area contributed by atoms with Gasteiger partial charge in [0.25, 0.3) is 5.91 Å². The van der Waals surface area contributed by atoms with Gasteiger partial charge in [0, 0.05) is 23.5 Å². The Hall–Kier alpha value is -2.78. The Kier molecular flexibility index (Phi) is 6.23. The largest absolute Gasteiger partial charge is 0.573 e. The zero-order valence-corrected chi connectivity index (χ0v) is 17.5. The number of rotatable bonds is 4. The van der Waals surface area contributed by atoms with Gasteiger partial charge in [0.2, 0.25) is 0 Å². The van der Waals surface area contributed by atoms with Gasteiger partial charge in [-0.15, -0.1) is 13.2 Å². The molecule has 2 aromatic rings. The standard InChI is InChI=1S/C20H17ClF3N3O2S/c1-11-16(17(26-19(30)27(11)2)12-3-5-13(21)6-4-12)18(28)25-14-7-9-15(10-8-14)29-20(22,23)24/h3-10,17H,1-2H3,(H,25,28)(H,26,30)/t17-/m0/s1. The average Bonchev–Trinajstić information content (AvgIpc) is 2.67. The van der Waals surface area contributed by atoms with Crippen molar-refractivity contribution >= 4 is 40.5 Å². The SMILES string of the molecule is CC1=C(C(=O)Nc2ccc(OC(F)(F)F)cc2)[C@H](c2ccc(Cl)cc2)NC(=S)N1C. The number of halogens is 4. The van der Waals surface area contributed by atoms with Crippen molar-refractivity contribution < 1.29 is 22.7 Å². The summed E-state index contributed by atoms with van der Waals surface area (Å²) in [5.41, 5.74) is 2.17. The van der Waals surface area contributed by atoms with Crippen molar-refractivity contribution in [2.45, 2.75) is 19.3 Å². The number of nitrogens with zero attached hydrogens (tertiary/aromatic N) is 1. The van der Waals surface area contributed by atoms with Crippen molar-refractivity contribution in [2.24, 2.45) is 0 Å². The van der Waals surface area contributed by atoms with E-state index in [1.807, 2.05) is 0 Å². The number of hydrogen-bond acceptors (Lipinski definition) is 3. The van der Waals surface area contributed by atoms with Gasteiger partial charge in [-0.25, -0.2) is 0 Å². The van der Waals surface area contributed by atoms with Crippen molar-refractivity contribution in [1.82, 2.24) is 10.2 Å². The van der Waals surface area contributed by atoms with Crippen LogP contribution in [0.4, 0.5) is 18.9 Å². The molecule has 0 fully saturated rings. The summed E-state index contributed by atoms with van der Waals surface area (Å²) in [7, 11) is 1.74. The van der Waals surface area contributed by atoms with Crippen LogP contribution in [0.15, 0.2) is 59.8 Å². The molecular weight excluding hydrogens is 439 g/mol. The average molecular weight is 456 g/mol. The van der Waals surface area contributed by atoms with Crippen LogP contribution >= 0.6 is 23.8 Å². The van der Waals surface area contributed by atoms with Crippen LogP contribution in [0.3, 0.4) is 0 Å². The van der Waals surface area contributed by atoms with Crippen LogP contribution in [-0.2, 0) is 4.79 Å². The Balaban J connectivity index is 1.87. The van der Waals surface area contributed by atoms with Gasteiger partial charge in [-0.1, -0.05) is 23.7 Å². The van der Waals surface area contributed by atoms with E-state index in [2.05, 4.69) is 15.4 Å². The molecule has 0 bridgehead atoms. The minimum atomic E-state index is -4.78. The second-order valence-corrected chi connectivity index (χ2v) is 7.34. The molecule has 0 aliphatic carbocycles. The number of thiocarbonyl (C=S) groups is 1. The van der Waals surface area contributed by atoms with Gasteiger partial charge in [-0.2, -0.15) is 0 Å². The maximum atomic E-state index is 13.1. The highest BCUT2D eigenvalue weighted by molar-refractivity contribution is 7.80. The molecule has 10 heteroatoms. The summed E-state index contributed by atoms with van der Waals surface area (Å²) in [6.07, 6.45) is -4.78. The van der Waals surface area contributed by atoms with Gasteiger partial charge in [-0.05, 0) is 61.1 Å². The number of alkyl halides is 3. The molecule has 1 aliphatic rings. The predicted octanol–water partition coefficient (Wildman–Crippen LogP) is 5.01. The van der Waals surface area contributed by atoms with Crippen LogP contribution in [0.25, 0.3) is 0 Å². The lowest BCUT2D eigenvalue weighted by molar-refractivity contribution is -0.274. The zero-order chi connectivity index (χ0) is 22.1. The van der Waals surface area contributed by atoms with Gasteiger partial charge < -0.3 is 20.3 Å². The minimum absolute atomic E-state index is 0.320. The molecule has 158 valence electrons. The molecule has 5 nitrogen and oxygen atoms in total. The number of carbonyl (C=O) groups is 1. The molecule has 1 heterocycles. The maximum absolute atomic E-state index is 13.1. The third kappa shape index (κ3) is 5.03. The van der Waals surface area contributed by atoms with Crippen molar-refractivity contribution in [3.05, 3.63) is 70.4 Å². The van der Waals surface area contributed by atoms with Crippen LogP contribution < -0.4 is 15.4 Å². The molecule has 0 aromatic heterocycles. The summed E-state index contributed by atoms with van der Waals surface area (Å²) in [5, 5.41) is 6.86. The monoisotopic (exact) mass is 455 g/mol. The van der Waals surface area contributed by atoms with E-state index in [9.17, 15) is 18.0 Å². The number of anilines is 1. The number of carbonyl (C=O) groups excluding carboxylic acids is 1. The first-order chi connectivity index (χ1) is 14.0. The third-order valence-corrected chi connectivity index (χ3v) is 5.19. The molecule has 3 rings (SSSR count). The van der Waals surface area contributed by atoms with Crippen LogP contribution in [0.1, 0.15) is 18.5 Å². The quantitative estimate of drug-likeness (QED) is 0.634. The van der Waals surface area contributed by atoms with Gasteiger partial charge >= 0.3 is 6.36 Å². The van der Waals surface area contributed by atoms with E-state index in [0.29, 0.717) is 27.1 Å². The first-order valence-corrected chi connectivity index (χ1v) is 9.51. The fraction of sp³-hybridized carbons (Fsp3) is 0.200. The number of allylic oxidation sites excluding steroid dienone is 1. The molecule has 0 saturated carbocycles. The molecule has 2 aromatic carbocycles. The molecule has 0 radical (unpaired) electrons. The molecule has 2 N–H and O–H groups in total. The summed E-state index contributed by atoms with van der Waals surface area (Å²) >= 11 is 11.3. The fourth-order valence-electron chi connectivity index (χ4n) is 2.97. The van der Waals surface area contributed by atoms with Gasteiger partial charge in [0.15, 0.2) is 5.11 Å². The van der Waals surface area contributed by atoms with E-state index in [-0.39, 0.29) is 5.75 Å². The Morgan fingerprint density at radius 3 is 2.33 bits per heavy atom. The van der Waals surface area contributed by atoms with Crippen LogP contribution in [-0.4, -0.2) is 29.3 Å². The smallest absolute Gasteiger partial charge is 0.406 e. The molecule has 0 saturated heterocycles. The van der Waals surface area contributed by atoms with Gasteiger partial charge in [0.1, 0.15) is 5.75 Å². The Labute approximate surface area is 181 Å². The first kappa shape index (κ1) is 21.9. The molecular formula is C20H17ClF3N3O2S. The summed E-state index contributed by atoms with van der Waals surface area (Å²) in [6, 6.07) is 11.4. The van der Waals surface area contributed by atoms with Gasteiger partial charge in [0.05, 0.1) is 11.6 Å². The molecule has 1 atom stereocenters. The molecule has 1 amide bonds. The lowest BCUT2D eigenvalue weighted by atomic mass is 9.94. The van der Waals surface area contributed by atoms with Crippen molar-refractivity contribution in [2.75, 3.05) is 12.4 Å². The summed E-state index contributed by atoms with van der Waals surface area (Å²) in [6.45, 7) is 1.77. The fourth-order valence-corrected chi connectivity index (χ4v) is 3.35. The van der Waals surface area contributed by atoms with E-state index in [0.717, 1.165) is 17.7 Å². The lowest BCUT2D eigenvalue weighted by Gasteiger charge is -2.35. The van der Waals surface area contributed by atoms with E-state index >= 15 is 0 Å². The summed E-state index contributed by atoms with van der Waals surface area (Å²) < 4.78 is 40.8. The van der Waals surface area contributed by atoms with Crippen LogP contribution in [0.5, 0.6) is 5.75 Å². The number of nitrogens with one attached hydrogen (secondary N) is 2. The van der Waals surface area contributed by atoms with E-state index in [4.69, 9.17) is 23.8 Å². The molecule has 0 spiro atoms. The Morgan fingerprint density at radius 2 is 1.77 bits per heavy atom. The summed E-state index contributed by atoms with van der Waals surface area (Å²) in [4.78, 5) is 14.8. The molecule has 30 heavy (non-hydrogen) atoms. The van der Waals surface area contributed by atoms with Crippen LogP contribution in [0.2, 0.25) is 5.02 Å². The van der Waals surface area contributed by atoms with Crippen molar-refractivity contribution in [3.63, 3.8) is 0 Å². The van der Waals surface area contributed by atoms with Crippen LogP contribution in [0, 0.1) is 0 Å². The van der Waals surface area contributed by atoms with E-state index < -0.39 is 18.3 Å². The second kappa shape index (κ2) is 8.53. The topological polar surface area (TPSA) is 53.6 Å². The highest BCUT2D eigenvalue weighted by Crippen LogP contribution is 2.32. The third-order valence-electron chi connectivity index (χ3n) is 4.55. The predicted molar refractivity (Wildman–Crippen MR) is 112 cm³/mol. The molecule has 1 aliphatic heterocycles. The Morgan fingerprint density at radius 1 is 1.17 bits per heavy atom. The zero-order valence-electron chi connectivity index (χ0n) is 15.9. The normalized spacial score (nSPS) is 16.9. The number of hydrogen-bond donors (Lipinski definition) is 2. The van der Waals surface area contributed by atoms with Gasteiger partial charge in [-0.3, -0.25) is 4.79 Å². The van der Waals surface area contributed by atoms with Crippen molar-refractivity contribution in [1.29, 1.82) is 0 Å². The van der Waals surface area contributed by atoms with Crippen molar-refractivity contribution in [3.8, 4) is 5.75 Å². The number of ether oxygens (including phenoxy) is 1. The number of amides is 1. The highest BCUT2D eigenvalue weighted by atomic mass is 35.5. The second-order valence-electron chi connectivity index (χ2n) is 6.52. The Bertz CT molecular complexity index is 992. The maximum Gasteiger partial charge on any atom is 0.573 e. The van der Waals surface area contributed by atoms with E-state index in [1.165, 1.54) is 12.1 Å².